The summed E-state index contributed by atoms with van der Waals surface area (Å²) in [4.78, 5) is 0. The number of fused-ring (bicyclic) bond motifs is 1. The lowest BCUT2D eigenvalue weighted by atomic mass is 10.0. The average Bonchev–Trinajstić information content (AvgIpc) is 2.40. The number of halogens is 1. The van der Waals surface area contributed by atoms with E-state index in [0.29, 0.717) is 0 Å². The van der Waals surface area contributed by atoms with Crippen molar-refractivity contribution in [2.75, 3.05) is 0 Å². The number of hydrogen-bond acceptors (Lipinski definition) is 0. The van der Waals surface area contributed by atoms with E-state index >= 15 is 0 Å². The van der Waals surface area contributed by atoms with Gasteiger partial charge in [0, 0.05) is 17.7 Å². The molecule has 1 heterocycles. The third-order valence-electron chi connectivity index (χ3n) is 3.01. The molecule has 0 unspecified atom stereocenters. The predicted molar refractivity (Wildman–Crippen MR) is 69.7 cm³/mol. The smallest absolute Gasteiger partial charge is 0.174 e. The van der Waals surface area contributed by atoms with Gasteiger partial charge in [0.2, 0.25) is 0 Å². The Hall–Kier alpha value is -1.86. The van der Waals surface area contributed by atoms with Crippen LogP contribution in [0.2, 0.25) is 0 Å². The molecular formula is C16H14ClN. The van der Waals surface area contributed by atoms with E-state index in [0.717, 1.165) is 6.54 Å². The fourth-order valence-corrected chi connectivity index (χ4v) is 2.17. The van der Waals surface area contributed by atoms with Crippen LogP contribution in [0.25, 0.3) is 10.8 Å². The number of benzene rings is 2. The van der Waals surface area contributed by atoms with E-state index in [1.54, 1.807) is 0 Å². The van der Waals surface area contributed by atoms with Crippen molar-refractivity contribution in [2.45, 2.75) is 6.54 Å². The van der Waals surface area contributed by atoms with Gasteiger partial charge < -0.3 is 12.4 Å². The fraction of sp³-hybridized carbons (Fsp3) is 0.0625. The molecule has 0 radical (unpaired) electrons. The molecule has 18 heavy (non-hydrogen) atoms. The Morgan fingerprint density at radius 2 is 1.44 bits per heavy atom. The molecule has 0 saturated heterocycles. The van der Waals surface area contributed by atoms with Crippen LogP contribution in [-0.4, -0.2) is 0 Å². The highest BCUT2D eigenvalue weighted by atomic mass is 35.5. The standard InChI is InChI=1S/C16H14N.ClH/c1-4-11-17(12-5-1)13-15-9-6-8-14-7-2-3-10-16(14)15;/h1-12H,13H2;1H/q+1;/p-1. The lowest BCUT2D eigenvalue weighted by Crippen LogP contribution is -3.00. The van der Waals surface area contributed by atoms with Crippen LogP contribution < -0.4 is 17.0 Å². The van der Waals surface area contributed by atoms with E-state index in [9.17, 15) is 0 Å². The Bertz CT molecular complexity index is 629. The zero-order valence-corrected chi connectivity index (χ0v) is 10.7. The molecule has 0 saturated carbocycles. The minimum Gasteiger partial charge on any atom is -1.00 e. The van der Waals surface area contributed by atoms with E-state index in [2.05, 4.69) is 71.6 Å². The van der Waals surface area contributed by atoms with Gasteiger partial charge in [0.15, 0.2) is 18.9 Å². The highest BCUT2D eigenvalue weighted by molar-refractivity contribution is 5.85. The highest BCUT2D eigenvalue weighted by Gasteiger charge is 2.04. The van der Waals surface area contributed by atoms with Gasteiger partial charge in [0.25, 0.3) is 0 Å². The average molecular weight is 256 g/mol. The zero-order chi connectivity index (χ0) is 11.5. The van der Waals surface area contributed by atoms with Crippen LogP contribution in [0.5, 0.6) is 0 Å². The molecule has 3 rings (SSSR count). The summed E-state index contributed by atoms with van der Waals surface area (Å²) in [6.45, 7) is 0.919. The third-order valence-corrected chi connectivity index (χ3v) is 3.01. The molecule has 2 aromatic carbocycles. The number of aromatic nitrogens is 1. The topological polar surface area (TPSA) is 3.88 Å². The maximum absolute atomic E-state index is 2.20. The van der Waals surface area contributed by atoms with Crippen LogP contribution in [0.1, 0.15) is 5.56 Å². The molecule has 0 amide bonds. The quantitative estimate of drug-likeness (QED) is 0.576. The second kappa shape index (κ2) is 5.65. The molecule has 0 spiro atoms. The lowest BCUT2D eigenvalue weighted by molar-refractivity contribution is -0.688. The van der Waals surface area contributed by atoms with Gasteiger partial charge >= 0.3 is 0 Å². The fourth-order valence-electron chi connectivity index (χ4n) is 2.17. The van der Waals surface area contributed by atoms with Gasteiger partial charge in [0.05, 0.1) is 0 Å². The summed E-state index contributed by atoms with van der Waals surface area (Å²) in [5.41, 5.74) is 1.36. The van der Waals surface area contributed by atoms with Crippen LogP contribution in [-0.2, 0) is 6.54 Å². The summed E-state index contributed by atoms with van der Waals surface area (Å²) in [5, 5.41) is 2.65. The summed E-state index contributed by atoms with van der Waals surface area (Å²) >= 11 is 0. The largest absolute Gasteiger partial charge is 1.00 e. The van der Waals surface area contributed by atoms with Crippen LogP contribution >= 0.6 is 0 Å². The molecule has 3 aromatic rings. The maximum atomic E-state index is 2.20. The summed E-state index contributed by atoms with van der Waals surface area (Å²) in [6.07, 6.45) is 4.20. The zero-order valence-electron chi connectivity index (χ0n) is 9.96. The molecule has 1 nitrogen and oxygen atoms in total. The van der Waals surface area contributed by atoms with E-state index in [-0.39, 0.29) is 12.4 Å². The molecule has 0 aliphatic rings. The first-order valence-corrected chi connectivity index (χ1v) is 5.84. The Kier molecular flexibility index (Phi) is 3.96. The normalized spacial score (nSPS) is 10.0. The van der Waals surface area contributed by atoms with E-state index in [1.807, 2.05) is 6.07 Å². The van der Waals surface area contributed by atoms with Crippen molar-refractivity contribution in [3.8, 4) is 0 Å². The van der Waals surface area contributed by atoms with Crippen LogP contribution in [0.3, 0.4) is 0 Å². The number of hydrogen-bond donors (Lipinski definition) is 0. The van der Waals surface area contributed by atoms with Gasteiger partial charge in [-0.1, -0.05) is 48.5 Å². The Morgan fingerprint density at radius 1 is 0.722 bits per heavy atom. The van der Waals surface area contributed by atoms with Gasteiger partial charge in [-0.25, -0.2) is 4.57 Å². The summed E-state index contributed by atoms with van der Waals surface area (Å²) in [5.74, 6) is 0. The van der Waals surface area contributed by atoms with E-state index < -0.39 is 0 Å². The highest BCUT2D eigenvalue weighted by Crippen LogP contribution is 2.17. The second-order valence-electron chi connectivity index (χ2n) is 4.19. The predicted octanol–water partition coefficient (Wildman–Crippen LogP) is 0.180. The molecule has 0 aliphatic carbocycles. The number of nitrogens with zero attached hydrogens (tertiary/aromatic N) is 1. The summed E-state index contributed by atoms with van der Waals surface area (Å²) in [6, 6.07) is 21.2. The Morgan fingerprint density at radius 3 is 2.28 bits per heavy atom. The molecule has 0 aliphatic heterocycles. The maximum Gasteiger partial charge on any atom is 0.174 e. The van der Waals surface area contributed by atoms with Gasteiger partial charge in [-0.15, -0.1) is 0 Å². The van der Waals surface area contributed by atoms with E-state index in [1.165, 1.54) is 16.3 Å². The first-order chi connectivity index (χ1) is 8.43. The minimum absolute atomic E-state index is 0. The van der Waals surface area contributed by atoms with Gasteiger partial charge in [-0.05, 0) is 10.8 Å². The first-order valence-electron chi connectivity index (χ1n) is 5.84. The molecule has 90 valence electrons. The molecule has 1 aromatic heterocycles. The monoisotopic (exact) mass is 255 g/mol. The molecule has 0 fully saturated rings. The molecule has 0 bridgehead atoms. The van der Waals surface area contributed by atoms with Crippen molar-refractivity contribution in [1.29, 1.82) is 0 Å². The van der Waals surface area contributed by atoms with Crippen LogP contribution in [0.15, 0.2) is 73.1 Å². The summed E-state index contributed by atoms with van der Waals surface area (Å²) < 4.78 is 2.20. The van der Waals surface area contributed by atoms with Crippen molar-refractivity contribution < 1.29 is 17.0 Å². The van der Waals surface area contributed by atoms with Gasteiger partial charge in [0.1, 0.15) is 0 Å². The molecule has 0 N–H and O–H groups in total. The third kappa shape index (κ3) is 2.52. The second-order valence-corrected chi connectivity index (χ2v) is 4.19. The van der Waals surface area contributed by atoms with Crippen LogP contribution in [0, 0.1) is 0 Å². The Labute approximate surface area is 113 Å². The summed E-state index contributed by atoms with van der Waals surface area (Å²) in [7, 11) is 0. The van der Waals surface area contributed by atoms with E-state index in [4.69, 9.17) is 0 Å². The van der Waals surface area contributed by atoms with Crippen molar-refractivity contribution in [3.05, 3.63) is 78.6 Å². The first kappa shape index (κ1) is 12.6. The SMILES string of the molecule is [Cl-].c1cc[n+](Cc2cccc3ccccc23)cc1. The van der Waals surface area contributed by atoms with Gasteiger partial charge in [-0.3, -0.25) is 0 Å². The molecule has 2 heteroatoms. The number of pyridine rings is 1. The molecule has 0 atom stereocenters. The van der Waals surface area contributed by atoms with Crippen LogP contribution in [0.4, 0.5) is 0 Å². The van der Waals surface area contributed by atoms with Crippen molar-refractivity contribution in [1.82, 2.24) is 0 Å². The molecular weight excluding hydrogens is 242 g/mol. The van der Waals surface area contributed by atoms with Crippen molar-refractivity contribution in [2.24, 2.45) is 0 Å². The lowest BCUT2D eigenvalue weighted by Gasteiger charge is -2.03. The minimum atomic E-state index is 0. The van der Waals surface area contributed by atoms with Crippen molar-refractivity contribution in [3.63, 3.8) is 0 Å². The number of rotatable bonds is 2. The van der Waals surface area contributed by atoms with Gasteiger partial charge in [-0.2, -0.15) is 0 Å². The van der Waals surface area contributed by atoms with Crippen molar-refractivity contribution >= 4 is 10.8 Å². The Balaban J connectivity index is 0.00000120.